The van der Waals surface area contributed by atoms with E-state index in [9.17, 15) is 19.8 Å². The fraction of sp³-hybridized carbons (Fsp3) is 0.526. The van der Waals surface area contributed by atoms with Crippen LogP contribution >= 0.6 is 0 Å². The molecule has 0 spiro atoms. The molecule has 0 saturated heterocycles. The summed E-state index contributed by atoms with van der Waals surface area (Å²) < 4.78 is 12.4. The van der Waals surface area contributed by atoms with Gasteiger partial charge in [-0.25, -0.2) is 9.59 Å². The molecule has 0 aliphatic carbocycles. The van der Waals surface area contributed by atoms with Crippen molar-refractivity contribution in [2.45, 2.75) is 117 Å². The smallest absolute Gasteiger partial charge is 0.335 e. The number of carboxylic acids is 2. The minimum Gasteiger partial charge on any atom is -0.490 e. The first-order valence-electron chi connectivity index (χ1n) is 16.8. The van der Waals surface area contributed by atoms with Crippen LogP contribution in [0.1, 0.15) is 138 Å². The molecule has 6 nitrogen and oxygen atoms in total. The summed E-state index contributed by atoms with van der Waals surface area (Å²) in [6, 6.07) is 12.2. The molecule has 6 heteroatoms. The molecule has 2 rings (SSSR count). The van der Waals surface area contributed by atoms with E-state index < -0.39 is 11.9 Å². The second-order valence-corrected chi connectivity index (χ2v) is 11.5. The van der Waals surface area contributed by atoms with Crippen molar-refractivity contribution in [2.24, 2.45) is 0 Å². The van der Waals surface area contributed by atoms with Gasteiger partial charge in [-0.3, -0.25) is 0 Å². The molecule has 0 aromatic heterocycles. The largest absolute Gasteiger partial charge is 0.490 e. The molecule has 2 aromatic rings. The number of unbranched alkanes of at least 4 members (excludes halogenated alkanes) is 14. The molecule has 0 fully saturated rings. The van der Waals surface area contributed by atoms with Crippen molar-refractivity contribution in [1.82, 2.24) is 0 Å². The van der Waals surface area contributed by atoms with Gasteiger partial charge in [-0.2, -0.15) is 0 Å². The molecule has 0 saturated carbocycles. The second-order valence-electron chi connectivity index (χ2n) is 11.5. The number of hydrogen-bond acceptors (Lipinski definition) is 4. The van der Waals surface area contributed by atoms with Crippen LogP contribution in [0.5, 0.6) is 11.5 Å². The number of hydrogen-bond donors (Lipinski definition) is 2. The van der Waals surface area contributed by atoms with Crippen molar-refractivity contribution >= 4 is 23.6 Å². The summed E-state index contributed by atoms with van der Waals surface area (Å²) in [7, 11) is 0. The van der Waals surface area contributed by atoms with Crippen LogP contribution in [0.25, 0.3) is 11.6 Å². The van der Waals surface area contributed by atoms with Crippen molar-refractivity contribution in [3.05, 3.63) is 71.3 Å². The molecule has 242 valence electrons. The summed E-state index contributed by atoms with van der Waals surface area (Å²) in [5.41, 5.74) is 2.13. The van der Waals surface area contributed by atoms with Crippen LogP contribution in [-0.2, 0) is 4.79 Å². The summed E-state index contributed by atoms with van der Waals surface area (Å²) >= 11 is 0. The van der Waals surface area contributed by atoms with Crippen LogP contribution < -0.4 is 9.47 Å². The maximum atomic E-state index is 11.5. The molecule has 2 N–H and O–H groups in total. The average molecular weight is 607 g/mol. The zero-order valence-corrected chi connectivity index (χ0v) is 27.0. The molecule has 0 amide bonds. The number of carbonyl (C=O) groups is 2. The third-order valence-corrected chi connectivity index (χ3v) is 7.65. The maximum Gasteiger partial charge on any atom is 0.335 e. The van der Waals surface area contributed by atoms with Crippen LogP contribution in [0.3, 0.4) is 0 Å². The van der Waals surface area contributed by atoms with Gasteiger partial charge in [0.25, 0.3) is 0 Å². The number of ether oxygens (including phenoxy) is 2. The fourth-order valence-corrected chi connectivity index (χ4v) is 5.08. The van der Waals surface area contributed by atoms with Gasteiger partial charge < -0.3 is 19.7 Å². The predicted molar refractivity (Wildman–Crippen MR) is 181 cm³/mol. The van der Waals surface area contributed by atoms with E-state index in [0.717, 1.165) is 37.3 Å². The Morgan fingerprint density at radius 2 is 1.14 bits per heavy atom. The van der Waals surface area contributed by atoms with Crippen LogP contribution in [-0.4, -0.2) is 35.4 Å². The molecule has 0 aliphatic rings. The molecule has 0 heterocycles. The van der Waals surface area contributed by atoms with Crippen LogP contribution in [0, 0.1) is 0 Å². The molecule has 0 bridgehead atoms. The number of aromatic carboxylic acids is 1. The minimum absolute atomic E-state index is 0.135. The van der Waals surface area contributed by atoms with Gasteiger partial charge in [-0.05, 0) is 66.0 Å². The lowest BCUT2D eigenvalue weighted by atomic mass is 10.00. The van der Waals surface area contributed by atoms with Gasteiger partial charge in [0, 0.05) is 6.08 Å². The standard InChI is InChI=1S/C38H54O6/c1-3-5-7-9-11-13-15-17-26-43-35-24-22-31(29-36(35)44-27-18-16-14-12-10-8-6-4-2)28-33(23-25-37(39)40)32-20-19-21-34(30-32)38(41)42/h19-25,28-30H,3-18,26-27H2,1-2H3,(H,39,40)(H,41,42). The van der Waals surface area contributed by atoms with Gasteiger partial charge in [-0.15, -0.1) is 0 Å². The number of allylic oxidation sites excluding steroid dienone is 2. The van der Waals surface area contributed by atoms with Gasteiger partial charge in [0.1, 0.15) is 0 Å². The number of aliphatic carboxylic acids is 1. The first-order chi connectivity index (χ1) is 21.4. The quantitative estimate of drug-likeness (QED) is 0.0505. The highest BCUT2D eigenvalue weighted by molar-refractivity contribution is 5.94. The molecule has 0 aliphatic heterocycles. The monoisotopic (exact) mass is 606 g/mol. The third kappa shape index (κ3) is 15.8. The van der Waals surface area contributed by atoms with Crippen LogP contribution in [0.2, 0.25) is 0 Å². The lowest BCUT2D eigenvalue weighted by molar-refractivity contribution is -0.131. The van der Waals surface area contributed by atoms with Gasteiger partial charge in [0.05, 0.1) is 18.8 Å². The molecule has 0 unspecified atom stereocenters. The molecule has 0 atom stereocenters. The van der Waals surface area contributed by atoms with E-state index in [1.54, 1.807) is 18.2 Å². The highest BCUT2D eigenvalue weighted by Gasteiger charge is 2.10. The highest BCUT2D eigenvalue weighted by Crippen LogP contribution is 2.31. The van der Waals surface area contributed by atoms with Gasteiger partial charge in [-0.1, -0.05) is 122 Å². The zero-order valence-electron chi connectivity index (χ0n) is 27.0. The van der Waals surface area contributed by atoms with E-state index >= 15 is 0 Å². The Balaban J connectivity index is 2.13. The Labute approximate surface area is 265 Å². The van der Waals surface area contributed by atoms with Crippen LogP contribution in [0.15, 0.2) is 54.6 Å². The number of rotatable bonds is 25. The average Bonchev–Trinajstić information content (AvgIpc) is 3.02. The number of carboxylic acid groups (broad SMARTS) is 2. The summed E-state index contributed by atoms with van der Waals surface area (Å²) in [5, 5.41) is 18.7. The van der Waals surface area contributed by atoms with E-state index in [2.05, 4.69) is 13.8 Å². The Morgan fingerprint density at radius 3 is 1.68 bits per heavy atom. The SMILES string of the molecule is CCCCCCCCCCOc1ccc(C=C(C=CC(=O)O)c2cccc(C(=O)O)c2)cc1OCCCCCCCCCC. The molecule has 44 heavy (non-hydrogen) atoms. The van der Waals surface area contributed by atoms with Crippen molar-refractivity contribution in [3.8, 4) is 11.5 Å². The maximum absolute atomic E-state index is 11.5. The normalized spacial score (nSPS) is 11.6. The Morgan fingerprint density at radius 1 is 0.614 bits per heavy atom. The Bertz CT molecular complexity index is 1170. The van der Waals surface area contributed by atoms with Gasteiger partial charge in [0.2, 0.25) is 0 Å². The van der Waals surface area contributed by atoms with E-state index in [1.807, 2.05) is 24.3 Å². The lowest BCUT2D eigenvalue weighted by Gasteiger charge is -2.14. The van der Waals surface area contributed by atoms with Crippen molar-refractivity contribution in [2.75, 3.05) is 13.2 Å². The third-order valence-electron chi connectivity index (χ3n) is 7.65. The van der Waals surface area contributed by atoms with Crippen molar-refractivity contribution < 1.29 is 29.3 Å². The van der Waals surface area contributed by atoms with Gasteiger partial charge in [0.15, 0.2) is 11.5 Å². The van der Waals surface area contributed by atoms with Crippen LogP contribution in [0.4, 0.5) is 0 Å². The Kier molecular flexibility index (Phi) is 19.1. The highest BCUT2D eigenvalue weighted by atomic mass is 16.5. The van der Waals surface area contributed by atoms with E-state index in [1.165, 1.54) is 89.2 Å². The fourth-order valence-electron chi connectivity index (χ4n) is 5.08. The summed E-state index contributed by atoms with van der Waals surface area (Å²) in [5.74, 6) is -0.741. The minimum atomic E-state index is -1.08. The van der Waals surface area contributed by atoms with Gasteiger partial charge >= 0.3 is 11.9 Å². The van der Waals surface area contributed by atoms with Crippen molar-refractivity contribution in [1.29, 1.82) is 0 Å². The summed E-state index contributed by atoms with van der Waals surface area (Å²) in [6.07, 6.45) is 24.0. The lowest BCUT2D eigenvalue weighted by Crippen LogP contribution is -2.03. The van der Waals surface area contributed by atoms with E-state index in [0.29, 0.717) is 35.8 Å². The first kappa shape index (κ1) is 36.7. The van der Waals surface area contributed by atoms with E-state index in [-0.39, 0.29) is 5.56 Å². The summed E-state index contributed by atoms with van der Waals surface area (Å²) in [4.78, 5) is 22.8. The molecular formula is C38H54O6. The number of benzene rings is 2. The first-order valence-corrected chi connectivity index (χ1v) is 16.8. The molecule has 2 aromatic carbocycles. The summed E-state index contributed by atoms with van der Waals surface area (Å²) in [6.45, 7) is 5.71. The molecule has 0 radical (unpaired) electrons. The second kappa shape index (κ2) is 22.9. The predicted octanol–water partition coefficient (Wildman–Crippen LogP) is 10.6. The van der Waals surface area contributed by atoms with E-state index in [4.69, 9.17) is 9.47 Å². The topological polar surface area (TPSA) is 93.1 Å². The van der Waals surface area contributed by atoms with Crippen molar-refractivity contribution in [3.63, 3.8) is 0 Å². The Hall–Kier alpha value is -3.54. The zero-order chi connectivity index (χ0) is 31.8. The molecular weight excluding hydrogens is 552 g/mol.